The SMILES string of the molecule is N#Cc1cnc(NC2CCCSC2)c([N+](=O)[O-])c1. The van der Waals surface area contributed by atoms with Crippen LogP contribution in [0, 0.1) is 21.4 Å². The third-order valence-corrected chi connectivity index (χ3v) is 3.91. The molecule has 1 unspecified atom stereocenters. The zero-order valence-electron chi connectivity index (χ0n) is 9.63. The van der Waals surface area contributed by atoms with Gasteiger partial charge in [-0.15, -0.1) is 0 Å². The number of rotatable bonds is 3. The number of nitrogens with zero attached hydrogens (tertiary/aromatic N) is 3. The molecule has 18 heavy (non-hydrogen) atoms. The number of anilines is 1. The van der Waals surface area contributed by atoms with Gasteiger partial charge in [-0.1, -0.05) is 0 Å². The van der Waals surface area contributed by atoms with Gasteiger partial charge in [0.1, 0.15) is 6.07 Å². The van der Waals surface area contributed by atoms with E-state index >= 15 is 0 Å². The van der Waals surface area contributed by atoms with Gasteiger partial charge in [0, 0.05) is 24.1 Å². The van der Waals surface area contributed by atoms with Crippen molar-refractivity contribution in [3.05, 3.63) is 27.9 Å². The van der Waals surface area contributed by atoms with Gasteiger partial charge in [0.2, 0.25) is 5.82 Å². The maximum Gasteiger partial charge on any atom is 0.312 e. The lowest BCUT2D eigenvalue weighted by atomic mass is 10.2. The van der Waals surface area contributed by atoms with Gasteiger partial charge in [-0.25, -0.2) is 4.98 Å². The maximum atomic E-state index is 10.9. The molecule has 1 N–H and O–H groups in total. The fourth-order valence-corrected chi connectivity index (χ4v) is 2.88. The van der Waals surface area contributed by atoms with Gasteiger partial charge in [-0.3, -0.25) is 10.1 Å². The molecule has 1 aromatic rings. The Kier molecular flexibility index (Phi) is 3.99. The number of aromatic nitrogens is 1. The highest BCUT2D eigenvalue weighted by atomic mass is 32.2. The third kappa shape index (κ3) is 2.90. The van der Waals surface area contributed by atoms with Crippen molar-refractivity contribution in [2.45, 2.75) is 18.9 Å². The summed E-state index contributed by atoms with van der Waals surface area (Å²) >= 11 is 1.83. The van der Waals surface area contributed by atoms with E-state index in [1.165, 1.54) is 12.3 Å². The molecule has 0 aliphatic carbocycles. The molecule has 6 nitrogen and oxygen atoms in total. The predicted molar refractivity (Wildman–Crippen MR) is 69.6 cm³/mol. The van der Waals surface area contributed by atoms with E-state index in [2.05, 4.69) is 10.3 Å². The van der Waals surface area contributed by atoms with Crippen LogP contribution < -0.4 is 5.32 Å². The molecule has 2 rings (SSSR count). The zero-order chi connectivity index (χ0) is 13.0. The Morgan fingerprint density at radius 3 is 3.11 bits per heavy atom. The molecule has 0 saturated carbocycles. The summed E-state index contributed by atoms with van der Waals surface area (Å²) < 4.78 is 0. The molecule has 1 fully saturated rings. The monoisotopic (exact) mass is 264 g/mol. The largest absolute Gasteiger partial charge is 0.361 e. The number of nitrogens with one attached hydrogen (secondary N) is 1. The van der Waals surface area contributed by atoms with E-state index in [9.17, 15) is 10.1 Å². The molecular formula is C11H12N4O2S. The number of hydrogen-bond donors (Lipinski definition) is 1. The van der Waals surface area contributed by atoms with Crippen LogP contribution in [0.25, 0.3) is 0 Å². The second-order valence-corrected chi connectivity index (χ2v) is 5.17. The second kappa shape index (κ2) is 5.69. The smallest absolute Gasteiger partial charge is 0.312 e. The summed E-state index contributed by atoms with van der Waals surface area (Å²) in [7, 11) is 0. The number of thioether (sulfide) groups is 1. The summed E-state index contributed by atoms with van der Waals surface area (Å²) in [4.78, 5) is 14.4. The van der Waals surface area contributed by atoms with Gasteiger partial charge in [0.25, 0.3) is 0 Å². The maximum absolute atomic E-state index is 10.9. The summed E-state index contributed by atoms with van der Waals surface area (Å²) in [6.45, 7) is 0. The Morgan fingerprint density at radius 2 is 2.50 bits per heavy atom. The Morgan fingerprint density at radius 1 is 1.67 bits per heavy atom. The fraction of sp³-hybridized carbons (Fsp3) is 0.455. The molecule has 1 aliphatic heterocycles. The van der Waals surface area contributed by atoms with Crippen molar-refractivity contribution < 1.29 is 4.92 Å². The summed E-state index contributed by atoms with van der Waals surface area (Å²) in [5.74, 6) is 2.33. The normalized spacial score (nSPS) is 18.9. The molecule has 1 saturated heterocycles. The number of pyridine rings is 1. The Bertz CT molecular complexity index is 494. The summed E-state index contributed by atoms with van der Waals surface area (Å²) in [5.41, 5.74) is 0.0647. The van der Waals surface area contributed by atoms with Crippen LogP contribution in [-0.4, -0.2) is 27.5 Å². The molecule has 1 aromatic heterocycles. The van der Waals surface area contributed by atoms with Crippen LogP contribution in [0.2, 0.25) is 0 Å². The van der Waals surface area contributed by atoms with E-state index in [0.717, 1.165) is 24.3 Å². The first-order valence-corrected chi connectivity index (χ1v) is 6.75. The van der Waals surface area contributed by atoms with Gasteiger partial charge >= 0.3 is 5.69 Å². The summed E-state index contributed by atoms with van der Waals surface area (Å²) in [5, 5.41) is 22.8. The highest BCUT2D eigenvalue weighted by molar-refractivity contribution is 7.99. The molecule has 0 amide bonds. The van der Waals surface area contributed by atoms with Crippen molar-refractivity contribution in [3.63, 3.8) is 0 Å². The molecule has 0 spiro atoms. The summed E-state index contributed by atoms with van der Waals surface area (Å²) in [6, 6.07) is 3.32. The van der Waals surface area contributed by atoms with E-state index in [0.29, 0.717) is 0 Å². The van der Waals surface area contributed by atoms with Gasteiger partial charge in [0.15, 0.2) is 0 Å². The third-order valence-electron chi connectivity index (χ3n) is 2.69. The molecular weight excluding hydrogens is 252 g/mol. The quantitative estimate of drug-likeness (QED) is 0.664. The first-order valence-electron chi connectivity index (χ1n) is 5.59. The van der Waals surface area contributed by atoms with Gasteiger partial charge in [-0.05, 0) is 18.6 Å². The molecule has 2 heterocycles. The zero-order valence-corrected chi connectivity index (χ0v) is 10.4. The van der Waals surface area contributed by atoms with Gasteiger partial charge < -0.3 is 5.32 Å². The van der Waals surface area contributed by atoms with Crippen LogP contribution in [0.4, 0.5) is 11.5 Å². The molecule has 1 atom stereocenters. The number of nitro groups is 1. The molecule has 0 aromatic carbocycles. The molecule has 0 bridgehead atoms. The lowest BCUT2D eigenvalue weighted by Gasteiger charge is -2.22. The lowest BCUT2D eigenvalue weighted by Crippen LogP contribution is -2.26. The average molecular weight is 264 g/mol. The van der Waals surface area contributed by atoms with Crippen molar-refractivity contribution in [2.75, 3.05) is 16.8 Å². The standard InChI is InChI=1S/C11H12N4O2S/c12-5-8-4-10(15(16)17)11(13-6-8)14-9-2-1-3-18-7-9/h4,6,9H,1-3,7H2,(H,13,14). The Hall–Kier alpha value is -1.81. The minimum atomic E-state index is -0.508. The van der Waals surface area contributed by atoms with Gasteiger partial charge in [0.05, 0.1) is 10.5 Å². The van der Waals surface area contributed by atoms with E-state index < -0.39 is 4.92 Å². The molecule has 94 valence electrons. The van der Waals surface area contributed by atoms with E-state index in [4.69, 9.17) is 5.26 Å². The van der Waals surface area contributed by atoms with Crippen LogP contribution in [0.3, 0.4) is 0 Å². The fourth-order valence-electron chi connectivity index (χ4n) is 1.81. The van der Waals surface area contributed by atoms with Crippen molar-refractivity contribution in [2.24, 2.45) is 0 Å². The molecule has 1 aliphatic rings. The minimum Gasteiger partial charge on any atom is -0.361 e. The molecule has 7 heteroatoms. The van der Waals surface area contributed by atoms with E-state index in [1.54, 1.807) is 0 Å². The van der Waals surface area contributed by atoms with E-state index in [1.807, 2.05) is 17.8 Å². The van der Waals surface area contributed by atoms with Crippen molar-refractivity contribution in [1.29, 1.82) is 5.26 Å². The van der Waals surface area contributed by atoms with Crippen molar-refractivity contribution in [3.8, 4) is 6.07 Å². The number of nitriles is 1. The topological polar surface area (TPSA) is 91.8 Å². The van der Waals surface area contributed by atoms with E-state index in [-0.39, 0.29) is 23.1 Å². The van der Waals surface area contributed by atoms with Crippen molar-refractivity contribution >= 4 is 23.3 Å². The highest BCUT2D eigenvalue weighted by Crippen LogP contribution is 2.26. The first-order chi connectivity index (χ1) is 8.70. The van der Waals surface area contributed by atoms with Crippen LogP contribution in [0.5, 0.6) is 0 Å². The number of hydrogen-bond acceptors (Lipinski definition) is 6. The second-order valence-electron chi connectivity index (χ2n) is 4.02. The Labute approximate surface area is 109 Å². The van der Waals surface area contributed by atoms with Crippen molar-refractivity contribution in [1.82, 2.24) is 4.98 Å². The Balaban J connectivity index is 2.21. The first kappa shape index (κ1) is 12.6. The minimum absolute atomic E-state index is 0.135. The van der Waals surface area contributed by atoms with Crippen LogP contribution in [0.15, 0.2) is 12.3 Å². The average Bonchev–Trinajstić information content (AvgIpc) is 2.40. The molecule has 0 radical (unpaired) electrons. The highest BCUT2D eigenvalue weighted by Gasteiger charge is 2.21. The van der Waals surface area contributed by atoms with Gasteiger partial charge in [-0.2, -0.15) is 17.0 Å². The van der Waals surface area contributed by atoms with Crippen LogP contribution >= 0.6 is 11.8 Å². The lowest BCUT2D eigenvalue weighted by molar-refractivity contribution is -0.384. The predicted octanol–water partition coefficient (Wildman–Crippen LogP) is 2.17. The summed E-state index contributed by atoms with van der Waals surface area (Å²) in [6.07, 6.45) is 3.45. The van der Waals surface area contributed by atoms with Crippen LogP contribution in [0.1, 0.15) is 18.4 Å². The van der Waals surface area contributed by atoms with Crippen LogP contribution in [-0.2, 0) is 0 Å².